The fourth-order valence-corrected chi connectivity index (χ4v) is 4.53. The summed E-state index contributed by atoms with van der Waals surface area (Å²) in [6.07, 6.45) is 3.01. The Morgan fingerprint density at radius 3 is 2.31 bits per heavy atom. The number of rotatable bonds is 6. The molecule has 6 nitrogen and oxygen atoms in total. The molecule has 1 heterocycles. The summed E-state index contributed by atoms with van der Waals surface area (Å²) in [6, 6.07) is 22.7. The Labute approximate surface area is 188 Å². The lowest BCUT2D eigenvalue weighted by Crippen LogP contribution is -2.29. The molecule has 1 aromatic heterocycles. The van der Waals surface area contributed by atoms with Crippen molar-refractivity contribution in [1.82, 2.24) is 14.5 Å². The minimum absolute atomic E-state index is 0.0355. The third-order valence-electron chi connectivity index (χ3n) is 5.64. The number of aromatic nitrogens is 2. The molecule has 0 fully saturated rings. The number of carbonyl (C=O) groups excluding carboxylic acids is 1. The van der Waals surface area contributed by atoms with Gasteiger partial charge in [0.25, 0.3) is 5.91 Å². The van der Waals surface area contributed by atoms with Crippen LogP contribution in [0.5, 0.6) is 0 Å². The van der Waals surface area contributed by atoms with Crippen molar-refractivity contribution >= 4 is 26.8 Å². The molecule has 1 atom stereocenters. The van der Waals surface area contributed by atoms with E-state index in [0.29, 0.717) is 11.1 Å². The largest absolute Gasteiger partial charge is 0.335 e. The maximum atomic E-state index is 13.0. The van der Waals surface area contributed by atoms with Crippen LogP contribution in [0.1, 0.15) is 34.5 Å². The Kier molecular flexibility index (Phi) is 5.84. The number of carbonyl (C=O) groups is 1. The predicted molar refractivity (Wildman–Crippen MR) is 127 cm³/mol. The van der Waals surface area contributed by atoms with Gasteiger partial charge in [0.2, 0.25) is 0 Å². The molecule has 0 radical (unpaired) electrons. The molecule has 0 spiro atoms. The average Bonchev–Trinajstić information content (AvgIpc) is 3.21. The highest BCUT2D eigenvalue weighted by atomic mass is 32.2. The fourth-order valence-electron chi connectivity index (χ4n) is 3.73. The third-order valence-corrected chi connectivity index (χ3v) is 6.50. The quantitative estimate of drug-likeness (QED) is 0.439. The SMILES string of the molecule is CC(c1ccc(-n2cnc3ccccc32)cc1)N(C)C(=O)c1ccc(CS(C)(=O)=O)cc1. The zero-order chi connectivity index (χ0) is 22.9. The van der Waals surface area contributed by atoms with E-state index >= 15 is 0 Å². The Hall–Kier alpha value is -3.45. The van der Waals surface area contributed by atoms with Crippen molar-refractivity contribution in [2.24, 2.45) is 0 Å². The van der Waals surface area contributed by atoms with E-state index in [-0.39, 0.29) is 17.7 Å². The highest BCUT2D eigenvalue weighted by molar-refractivity contribution is 7.89. The van der Waals surface area contributed by atoms with Gasteiger partial charge in [-0.25, -0.2) is 13.4 Å². The van der Waals surface area contributed by atoms with Crippen LogP contribution in [0.4, 0.5) is 0 Å². The highest BCUT2D eigenvalue weighted by Gasteiger charge is 2.19. The van der Waals surface area contributed by atoms with Crippen molar-refractivity contribution in [3.05, 3.63) is 95.8 Å². The molecule has 0 saturated heterocycles. The minimum atomic E-state index is -3.11. The second-order valence-corrected chi connectivity index (χ2v) is 10.2. The van der Waals surface area contributed by atoms with Crippen LogP contribution in [0, 0.1) is 0 Å². The first-order chi connectivity index (χ1) is 15.2. The Morgan fingerprint density at radius 2 is 1.66 bits per heavy atom. The monoisotopic (exact) mass is 447 g/mol. The van der Waals surface area contributed by atoms with Gasteiger partial charge in [-0.3, -0.25) is 9.36 Å². The van der Waals surface area contributed by atoms with E-state index in [9.17, 15) is 13.2 Å². The molecule has 0 bridgehead atoms. The van der Waals surface area contributed by atoms with Crippen molar-refractivity contribution in [1.29, 1.82) is 0 Å². The number of benzene rings is 3. The van der Waals surface area contributed by atoms with E-state index in [1.54, 1.807) is 36.2 Å². The van der Waals surface area contributed by atoms with Gasteiger partial charge in [0, 0.05) is 24.6 Å². The van der Waals surface area contributed by atoms with Gasteiger partial charge in [0.15, 0.2) is 9.84 Å². The summed E-state index contributed by atoms with van der Waals surface area (Å²) in [4.78, 5) is 19.1. The number of para-hydroxylation sites is 2. The lowest BCUT2D eigenvalue weighted by Gasteiger charge is -2.26. The van der Waals surface area contributed by atoms with Gasteiger partial charge in [0.05, 0.1) is 22.8 Å². The Bertz CT molecular complexity index is 1360. The average molecular weight is 448 g/mol. The first-order valence-corrected chi connectivity index (χ1v) is 12.4. The molecule has 0 aliphatic heterocycles. The third kappa shape index (κ3) is 4.57. The molecular weight excluding hydrogens is 422 g/mol. The molecule has 4 aromatic rings. The molecule has 164 valence electrons. The summed E-state index contributed by atoms with van der Waals surface area (Å²) < 4.78 is 25.0. The molecule has 0 saturated carbocycles. The smallest absolute Gasteiger partial charge is 0.254 e. The molecule has 1 unspecified atom stereocenters. The summed E-state index contributed by atoms with van der Waals surface area (Å²) >= 11 is 0. The molecule has 3 aromatic carbocycles. The predicted octanol–water partition coefficient (Wildman–Crippen LogP) is 4.40. The van der Waals surface area contributed by atoms with Crippen molar-refractivity contribution < 1.29 is 13.2 Å². The standard InChI is InChI=1S/C25H25N3O3S/c1-18(27(2)25(29)21-10-8-19(9-11-21)16-32(3,30)31)20-12-14-22(15-13-20)28-17-26-23-6-4-5-7-24(23)28/h4-15,17-18H,16H2,1-3H3. The van der Waals surface area contributed by atoms with Crippen LogP contribution in [0.2, 0.25) is 0 Å². The molecule has 32 heavy (non-hydrogen) atoms. The lowest BCUT2D eigenvalue weighted by molar-refractivity contribution is 0.0742. The van der Waals surface area contributed by atoms with Crippen LogP contribution in [-0.2, 0) is 15.6 Å². The minimum Gasteiger partial charge on any atom is -0.335 e. The van der Waals surface area contributed by atoms with Gasteiger partial charge < -0.3 is 4.90 Å². The molecular formula is C25H25N3O3S. The van der Waals surface area contributed by atoms with Gasteiger partial charge in [-0.05, 0) is 54.4 Å². The summed E-state index contributed by atoms with van der Waals surface area (Å²) in [5.74, 6) is -0.153. The molecule has 4 rings (SSSR count). The van der Waals surface area contributed by atoms with Crippen molar-refractivity contribution in [2.45, 2.75) is 18.7 Å². The number of hydrogen-bond acceptors (Lipinski definition) is 4. The first-order valence-electron chi connectivity index (χ1n) is 10.3. The van der Waals surface area contributed by atoms with Gasteiger partial charge in [-0.15, -0.1) is 0 Å². The number of hydrogen-bond donors (Lipinski definition) is 0. The Balaban J connectivity index is 1.50. The topological polar surface area (TPSA) is 72.3 Å². The van der Waals surface area contributed by atoms with Crippen LogP contribution >= 0.6 is 0 Å². The lowest BCUT2D eigenvalue weighted by atomic mass is 10.1. The van der Waals surface area contributed by atoms with E-state index in [4.69, 9.17) is 0 Å². The molecule has 0 aliphatic rings. The van der Waals surface area contributed by atoms with Crippen LogP contribution in [0.25, 0.3) is 16.7 Å². The van der Waals surface area contributed by atoms with Gasteiger partial charge in [0.1, 0.15) is 6.33 Å². The fraction of sp³-hybridized carbons (Fsp3) is 0.200. The number of fused-ring (bicyclic) bond motifs is 1. The van der Waals surface area contributed by atoms with Gasteiger partial charge >= 0.3 is 0 Å². The van der Waals surface area contributed by atoms with Crippen LogP contribution in [-0.4, -0.2) is 42.1 Å². The van der Waals surface area contributed by atoms with E-state index in [2.05, 4.69) is 4.98 Å². The summed E-state index contributed by atoms with van der Waals surface area (Å²) in [6.45, 7) is 1.98. The van der Waals surface area contributed by atoms with E-state index in [0.717, 1.165) is 22.3 Å². The van der Waals surface area contributed by atoms with Crippen molar-refractivity contribution in [3.63, 3.8) is 0 Å². The number of sulfone groups is 1. The number of amides is 1. The summed E-state index contributed by atoms with van der Waals surface area (Å²) in [5, 5.41) is 0. The highest BCUT2D eigenvalue weighted by Crippen LogP contribution is 2.24. The summed E-state index contributed by atoms with van der Waals surface area (Å²) in [7, 11) is -1.34. The van der Waals surface area contributed by atoms with Crippen molar-refractivity contribution in [2.75, 3.05) is 13.3 Å². The molecule has 0 aliphatic carbocycles. The second-order valence-electron chi connectivity index (χ2n) is 8.05. The second kappa shape index (κ2) is 8.59. The summed E-state index contributed by atoms with van der Waals surface area (Å²) in [5.41, 5.74) is 5.20. The molecule has 0 N–H and O–H groups in total. The number of nitrogens with zero attached hydrogens (tertiary/aromatic N) is 3. The van der Waals surface area contributed by atoms with E-state index in [1.807, 2.05) is 66.3 Å². The number of imidazole rings is 1. The van der Waals surface area contributed by atoms with Crippen LogP contribution < -0.4 is 0 Å². The zero-order valence-electron chi connectivity index (χ0n) is 18.3. The van der Waals surface area contributed by atoms with Gasteiger partial charge in [-0.2, -0.15) is 0 Å². The maximum Gasteiger partial charge on any atom is 0.254 e. The Morgan fingerprint density at radius 1 is 1.00 bits per heavy atom. The molecule has 7 heteroatoms. The van der Waals surface area contributed by atoms with Crippen molar-refractivity contribution in [3.8, 4) is 5.69 Å². The van der Waals surface area contributed by atoms with Gasteiger partial charge in [-0.1, -0.05) is 36.4 Å². The van der Waals surface area contributed by atoms with E-state index in [1.165, 1.54) is 6.26 Å². The van der Waals surface area contributed by atoms with Crippen LogP contribution in [0.3, 0.4) is 0 Å². The first kappa shape index (κ1) is 21.8. The molecule has 1 amide bonds. The normalized spacial score (nSPS) is 12.6. The zero-order valence-corrected chi connectivity index (χ0v) is 19.1. The van der Waals surface area contributed by atoms with Crippen LogP contribution in [0.15, 0.2) is 79.1 Å². The van der Waals surface area contributed by atoms with E-state index < -0.39 is 9.84 Å². The maximum absolute atomic E-state index is 13.0.